The second-order valence-electron chi connectivity index (χ2n) is 4.26. The number of hydrogen-bond donors (Lipinski definition) is 1. The Morgan fingerprint density at radius 2 is 2.17 bits per heavy atom. The van der Waals surface area contributed by atoms with Gasteiger partial charge in [0, 0.05) is 19.0 Å². The van der Waals surface area contributed by atoms with E-state index in [1.165, 1.54) is 0 Å². The van der Waals surface area contributed by atoms with E-state index in [0.717, 1.165) is 31.8 Å². The Bertz CT molecular complexity index is 497. The van der Waals surface area contributed by atoms with Gasteiger partial charge in [-0.3, -0.25) is 0 Å². The van der Waals surface area contributed by atoms with Crippen LogP contribution in [0.1, 0.15) is 24.6 Å². The van der Waals surface area contributed by atoms with Gasteiger partial charge in [0.15, 0.2) is 5.82 Å². The number of hydrogen-bond acceptors (Lipinski definition) is 6. The van der Waals surface area contributed by atoms with E-state index in [2.05, 4.69) is 35.5 Å². The van der Waals surface area contributed by atoms with E-state index in [4.69, 9.17) is 11.6 Å². The third-order valence-electron chi connectivity index (χ3n) is 3.04. The minimum atomic E-state index is 0.275. The lowest BCUT2D eigenvalue weighted by atomic mass is 9.98. The summed E-state index contributed by atoms with van der Waals surface area (Å²) in [5.41, 5.74) is 0. The van der Waals surface area contributed by atoms with Crippen molar-refractivity contribution < 1.29 is 0 Å². The standard InChI is InChI=1S/C10H12ClN7/c11-8-4-12-10(13-5-8)18-3-1-2-7(6-18)9-14-16-17-15-9/h4-5,7H,1-3,6H2,(H,14,15,16,17)/t7-/m1/s1. The van der Waals surface area contributed by atoms with Crippen LogP contribution in [0.2, 0.25) is 5.02 Å². The Labute approximate surface area is 109 Å². The molecule has 0 unspecified atom stereocenters. The molecule has 1 saturated heterocycles. The van der Waals surface area contributed by atoms with Gasteiger partial charge in [-0.1, -0.05) is 16.8 Å². The fourth-order valence-corrected chi connectivity index (χ4v) is 2.28. The molecule has 8 heteroatoms. The van der Waals surface area contributed by atoms with Crippen LogP contribution in [0.15, 0.2) is 12.4 Å². The van der Waals surface area contributed by atoms with Crippen LogP contribution < -0.4 is 4.90 Å². The molecule has 2 aromatic heterocycles. The number of aromatic nitrogens is 6. The van der Waals surface area contributed by atoms with Crippen molar-refractivity contribution >= 4 is 17.5 Å². The summed E-state index contributed by atoms with van der Waals surface area (Å²) in [5, 5.41) is 14.7. The Kier molecular flexibility index (Phi) is 3.06. The number of nitrogens with one attached hydrogen (secondary N) is 1. The van der Waals surface area contributed by atoms with Crippen molar-refractivity contribution in [2.24, 2.45) is 0 Å². The lowest BCUT2D eigenvalue weighted by molar-refractivity contribution is 0.486. The van der Waals surface area contributed by atoms with Crippen LogP contribution in [0, 0.1) is 0 Å². The zero-order valence-corrected chi connectivity index (χ0v) is 10.4. The van der Waals surface area contributed by atoms with Crippen molar-refractivity contribution in [3.05, 3.63) is 23.2 Å². The van der Waals surface area contributed by atoms with E-state index in [1.807, 2.05) is 0 Å². The first-order chi connectivity index (χ1) is 8.83. The maximum atomic E-state index is 5.78. The van der Waals surface area contributed by atoms with Crippen LogP contribution in [-0.2, 0) is 0 Å². The van der Waals surface area contributed by atoms with Gasteiger partial charge in [0.2, 0.25) is 5.95 Å². The SMILES string of the molecule is Clc1cnc(N2CCC[C@@H](c3nn[nH]n3)C2)nc1. The number of piperidine rings is 1. The highest BCUT2D eigenvalue weighted by atomic mass is 35.5. The first-order valence-electron chi connectivity index (χ1n) is 5.79. The fraction of sp³-hybridized carbons (Fsp3) is 0.500. The summed E-state index contributed by atoms with van der Waals surface area (Å²) in [4.78, 5) is 10.6. The number of H-pyrrole nitrogens is 1. The van der Waals surface area contributed by atoms with Gasteiger partial charge in [-0.05, 0) is 12.8 Å². The zero-order chi connectivity index (χ0) is 12.4. The highest BCUT2D eigenvalue weighted by Gasteiger charge is 2.25. The van der Waals surface area contributed by atoms with Gasteiger partial charge in [-0.2, -0.15) is 5.21 Å². The molecule has 1 atom stereocenters. The van der Waals surface area contributed by atoms with Gasteiger partial charge in [0.1, 0.15) is 0 Å². The Hall–Kier alpha value is -1.76. The topological polar surface area (TPSA) is 83.5 Å². The highest BCUT2D eigenvalue weighted by molar-refractivity contribution is 6.30. The highest BCUT2D eigenvalue weighted by Crippen LogP contribution is 2.25. The molecule has 2 aromatic rings. The third kappa shape index (κ3) is 2.26. The smallest absolute Gasteiger partial charge is 0.225 e. The summed E-state index contributed by atoms with van der Waals surface area (Å²) in [6.07, 6.45) is 5.35. The molecule has 7 nitrogen and oxygen atoms in total. The summed E-state index contributed by atoms with van der Waals surface area (Å²) >= 11 is 5.78. The summed E-state index contributed by atoms with van der Waals surface area (Å²) in [6.45, 7) is 1.75. The van der Waals surface area contributed by atoms with Crippen LogP contribution in [0.4, 0.5) is 5.95 Å². The van der Waals surface area contributed by atoms with Crippen molar-refractivity contribution in [1.29, 1.82) is 0 Å². The third-order valence-corrected chi connectivity index (χ3v) is 3.23. The van der Waals surface area contributed by atoms with Crippen molar-refractivity contribution in [1.82, 2.24) is 30.6 Å². The molecule has 0 aliphatic carbocycles. The van der Waals surface area contributed by atoms with Gasteiger partial charge >= 0.3 is 0 Å². The van der Waals surface area contributed by atoms with E-state index in [-0.39, 0.29) is 5.92 Å². The average molecular weight is 266 g/mol. The van der Waals surface area contributed by atoms with Gasteiger partial charge in [-0.25, -0.2) is 9.97 Å². The molecule has 1 aliphatic heterocycles. The van der Waals surface area contributed by atoms with Crippen molar-refractivity contribution in [2.45, 2.75) is 18.8 Å². The molecule has 1 aliphatic rings. The van der Waals surface area contributed by atoms with Crippen LogP contribution in [-0.4, -0.2) is 43.7 Å². The van der Waals surface area contributed by atoms with Crippen molar-refractivity contribution in [3.8, 4) is 0 Å². The molecule has 0 radical (unpaired) electrons. The maximum Gasteiger partial charge on any atom is 0.225 e. The van der Waals surface area contributed by atoms with E-state index < -0.39 is 0 Å². The Morgan fingerprint density at radius 3 is 2.89 bits per heavy atom. The molecule has 0 bridgehead atoms. The van der Waals surface area contributed by atoms with Gasteiger partial charge in [-0.15, -0.1) is 10.2 Å². The lowest BCUT2D eigenvalue weighted by Gasteiger charge is -2.31. The second-order valence-corrected chi connectivity index (χ2v) is 4.69. The van der Waals surface area contributed by atoms with Gasteiger partial charge in [0.05, 0.1) is 17.4 Å². The number of halogens is 1. The number of anilines is 1. The Balaban J connectivity index is 1.76. The monoisotopic (exact) mass is 265 g/mol. The summed E-state index contributed by atoms with van der Waals surface area (Å²) in [6, 6.07) is 0. The lowest BCUT2D eigenvalue weighted by Crippen LogP contribution is -2.35. The van der Waals surface area contributed by atoms with E-state index >= 15 is 0 Å². The normalized spacial score (nSPS) is 20.1. The molecule has 18 heavy (non-hydrogen) atoms. The van der Waals surface area contributed by atoms with Crippen LogP contribution in [0.3, 0.4) is 0 Å². The molecule has 3 rings (SSSR count). The van der Waals surface area contributed by atoms with Gasteiger partial charge < -0.3 is 4.90 Å². The van der Waals surface area contributed by atoms with Crippen molar-refractivity contribution in [2.75, 3.05) is 18.0 Å². The molecule has 0 spiro atoms. The largest absolute Gasteiger partial charge is 0.340 e. The molecular formula is C10H12ClN7. The first-order valence-corrected chi connectivity index (χ1v) is 6.16. The number of nitrogens with zero attached hydrogens (tertiary/aromatic N) is 6. The molecule has 3 heterocycles. The zero-order valence-electron chi connectivity index (χ0n) is 9.62. The maximum absolute atomic E-state index is 5.78. The number of tetrazole rings is 1. The summed E-state index contributed by atoms with van der Waals surface area (Å²) < 4.78 is 0. The minimum absolute atomic E-state index is 0.275. The molecule has 0 saturated carbocycles. The predicted octanol–water partition coefficient (Wildman–Crippen LogP) is 1.03. The summed E-state index contributed by atoms with van der Waals surface area (Å²) in [7, 11) is 0. The summed E-state index contributed by atoms with van der Waals surface area (Å²) in [5.74, 6) is 1.73. The quantitative estimate of drug-likeness (QED) is 0.873. The van der Waals surface area contributed by atoms with E-state index in [0.29, 0.717) is 11.0 Å². The average Bonchev–Trinajstić information content (AvgIpc) is 2.94. The van der Waals surface area contributed by atoms with Crippen LogP contribution in [0.25, 0.3) is 0 Å². The van der Waals surface area contributed by atoms with E-state index in [9.17, 15) is 0 Å². The second kappa shape index (κ2) is 4.85. The van der Waals surface area contributed by atoms with E-state index in [1.54, 1.807) is 12.4 Å². The van der Waals surface area contributed by atoms with Crippen LogP contribution in [0.5, 0.6) is 0 Å². The molecular weight excluding hydrogens is 254 g/mol. The van der Waals surface area contributed by atoms with Crippen molar-refractivity contribution in [3.63, 3.8) is 0 Å². The number of rotatable bonds is 2. The van der Waals surface area contributed by atoms with Crippen LogP contribution >= 0.6 is 11.6 Å². The van der Waals surface area contributed by atoms with Gasteiger partial charge in [0.25, 0.3) is 0 Å². The fourth-order valence-electron chi connectivity index (χ4n) is 2.18. The molecule has 1 N–H and O–H groups in total. The predicted molar refractivity (Wildman–Crippen MR) is 65.4 cm³/mol. The minimum Gasteiger partial charge on any atom is -0.340 e. The molecule has 1 fully saturated rings. The molecule has 94 valence electrons. The number of aromatic amines is 1. The Morgan fingerprint density at radius 1 is 1.33 bits per heavy atom. The molecule has 0 aromatic carbocycles. The first kappa shape index (κ1) is 11.3. The molecule has 0 amide bonds.